The van der Waals surface area contributed by atoms with E-state index in [1.54, 1.807) is 0 Å². The second-order valence-electron chi connectivity index (χ2n) is 14.0. The summed E-state index contributed by atoms with van der Waals surface area (Å²) in [6.45, 7) is 0. The lowest BCUT2D eigenvalue weighted by Crippen LogP contribution is -2.12. The third-order valence-electron chi connectivity index (χ3n) is 10.9. The summed E-state index contributed by atoms with van der Waals surface area (Å²) in [5.74, 6) is 0. The number of hydrogen-bond acceptors (Lipinski definition) is 3. The number of hydrogen-bond donors (Lipinski definition) is 0. The van der Waals surface area contributed by atoms with E-state index in [2.05, 4.69) is 193 Å². The molecule has 2 aromatic heterocycles. The van der Waals surface area contributed by atoms with Crippen molar-refractivity contribution >= 4 is 81.3 Å². The molecule has 2 heterocycles. The summed E-state index contributed by atoms with van der Waals surface area (Å²) in [7, 11) is 0. The number of furan rings is 1. The normalized spacial score (nSPS) is 11.6. The molecule has 0 fully saturated rings. The molecule has 55 heavy (non-hydrogen) atoms. The summed E-state index contributed by atoms with van der Waals surface area (Å²) in [5, 5.41) is 7.28. The first-order chi connectivity index (χ1) is 27.3. The molecule has 0 unspecified atom stereocenters. The van der Waals surface area contributed by atoms with E-state index in [1.165, 1.54) is 53.2 Å². The molecule has 0 bridgehead atoms. The van der Waals surface area contributed by atoms with Crippen LogP contribution in [-0.2, 0) is 0 Å². The molecule has 3 heteroatoms. The van der Waals surface area contributed by atoms with Crippen LogP contribution in [0.15, 0.2) is 205 Å². The molecule has 0 saturated carbocycles. The fourth-order valence-corrected chi connectivity index (χ4v) is 9.48. The molecule has 2 nitrogen and oxygen atoms in total. The van der Waals surface area contributed by atoms with Crippen molar-refractivity contribution in [3.8, 4) is 33.4 Å². The van der Waals surface area contributed by atoms with Gasteiger partial charge in [-0.25, -0.2) is 0 Å². The third kappa shape index (κ3) is 5.24. The van der Waals surface area contributed by atoms with Crippen molar-refractivity contribution in [3.63, 3.8) is 0 Å². The van der Waals surface area contributed by atoms with Gasteiger partial charge in [0.1, 0.15) is 11.2 Å². The van der Waals surface area contributed by atoms with Gasteiger partial charge in [0.15, 0.2) is 0 Å². The van der Waals surface area contributed by atoms with Crippen molar-refractivity contribution in [2.75, 3.05) is 4.90 Å². The maximum atomic E-state index is 6.46. The summed E-state index contributed by atoms with van der Waals surface area (Å²) in [6, 6.07) is 72.2. The zero-order chi connectivity index (χ0) is 36.3. The predicted molar refractivity (Wildman–Crippen MR) is 235 cm³/mol. The van der Waals surface area contributed by atoms with Crippen LogP contribution in [0.2, 0.25) is 0 Å². The third-order valence-corrected chi connectivity index (χ3v) is 12.1. The largest absolute Gasteiger partial charge is 0.455 e. The Kier molecular flexibility index (Phi) is 7.39. The van der Waals surface area contributed by atoms with Crippen LogP contribution in [0.25, 0.3) is 86.3 Å². The quantitative estimate of drug-likeness (QED) is 0.170. The van der Waals surface area contributed by atoms with Gasteiger partial charge in [-0.3, -0.25) is 0 Å². The van der Waals surface area contributed by atoms with Crippen LogP contribution in [0.4, 0.5) is 17.1 Å². The van der Waals surface area contributed by atoms with Gasteiger partial charge in [-0.05, 0) is 64.7 Å². The molecule has 0 saturated heterocycles. The smallest absolute Gasteiger partial charge is 0.143 e. The average Bonchev–Trinajstić information content (AvgIpc) is 3.83. The van der Waals surface area contributed by atoms with Crippen LogP contribution < -0.4 is 4.90 Å². The predicted octanol–water partition coefficient (Wildman–Crippen LogP) is 15.6. The summed E-state index contributed by atoms with van der Waals surface area (Å²) in [5.41, 5.74) is 12.2. The maximum absolute atomic E-state index is 6.46. The van der Waals surface area contributed by atoms with E-state index in [0.29, 0.717) is 0 Å². The highest BCUT2D eigenvalue weighted by molar-refractivity contribution is 7.26. The van der Waals surface area contributed by atoms with Crippen LogP contribution in [0.3, 0.4) is 0 Å². The van der Waals surface area contributed by atoms with E-state index < -0.39 is 0 Å². The Hall–Kier alpha value is -6.94. The van der Waals surface area contributed by atoms with Gasteiger partial charge < -0.3 is 9.32 Å². The van der Waals surface area contributed by atoms with E-state index in [0.717, 1.165) is 50.1 Å². The van der Waals surface area contributed by atoms with E-state index in [-0.39, 0.29) is 0 Å². The van der Waals surface area contributed by atoms with Crippen molar-refractivity contribution in [2.24, 2.45) is 0 Å². The summed E-state index contributed by atoms with van der Waals surface area (Å²) >= 11 is 1.88. The Balaban J connectivity index is 1.15. The molecule has 11 rings (SSSR count). The SMILES string of the molecule is c1ccc(-c2ccc3sc4c5ccccc5c(N(c5ccc(-c6cccc7c6oc6ccccc67)cc5)c5ccccc5-c5ccccc5)cc4c3c2)cc1. The van der Waals surface area contributed by atoms with Crippen molar-refractivity contribution in [3.05, 3.63) is 200 Å². The van der Waals surface area contributed by atoms with E-state index in [1.807, 2.05) is 23.5 Å². The van der Waals surface area contributed by atoms with Gasteiger partial charge in [-0.2, -0.15) is 0 Å². The van der Waals surface area contributed by atoms with Crippen molar-refractivity contribution < 1.29 is 4.42 Å². The van der Waals surface area contributed by atoms with Gasteiger partial charge in [-0.15, -0.1) is 11.3 Å². The van der Waals surface area contributed by atoms with Gasteiger partial charge in [0.25, 0.3) is 0 Å². The first kappa shape index (κ1) is 31.6. The standard InChI is InChI=1S/C52H33NOS/c1-3-14-34(15-4-1)37-28-31-50-45(32-37)46-33-48(41-19-7-8-21-44(41)52(46)55-50)53(47-24-11-9-18-39(47)35-16-5-2-6-17-35)38-29-26-36(27-30-38)40-22-13-23-43-42-20-10-12-25-49(42)54-51(40)43/h1-33H. The molecule has 0 radical (unpaired) electrons. The summed E-state index contributed by atoms with van der Waals surface area (Å²) < 4.78 is 9.06. The second-order valence-corrected chi connectivity index (χ2v) is 15.1. The number of fused-ring (bicyclic) bond motifs is 8. The maximum Gasteiger partial charge on any atom is 0.143 e. The Morgan fingerprint density at radius 1 is 0.364 bits per heavy atom. The van der Waals surface area contributed by atoms with Crippen LogP contribution in [0.5, 0.6) is 0 Å². The average molecular weight is 720 g/mol. The molecule has 0 aliphatic rings. The molecule has 258 valence electrons. The van der Waals surface area contributed by atoms with Gasteiger partial charge in [-0.1, -0.05) is 158 Å². The van der Waals surface area contributed by atoms with Gasteiger partial charge in [0.05, 0.1) is 11.4 Å². The minimum absolute atomic E-state index is 0.907. The molecule has 0 atom stereocenters. The Labute approximate surface area is 322 Å². The summed E-state index contributed by atoms with van der Waals surface area (Å²) in [6.07, 6.45) is 0. The fourth-order valence-electron chi connectivity index (χ4n) is 8.28. The number of nitrogens with zero attached hydrogens (tertiary/aromatic N) is 1. The Bertz CT molecular complexity index is 3190. The molecular formula is C52H33NOS. The highest BCUT2D eigenvalue weighted by atomic mass is 32.1. The zero-order valence-corrected chi connectivity index (χ0v) is 30.6. The lowest BCUT2D eigenvalue weighted by molar-refractivity contribution is 0.670. The van der Waals surface area contributed by atoms with Crippen LogP contribution >= 0.6 is 11.3 Å². The van der Waals surface area contributed by atoms with Crippen molar-refractivity contribution in [1.82, 2.24) is 0 Å². The second kappa shape index (κ2) is 12.9. The fraction of sp³-hybridized carbons (Fsp3) is 0. The van der Waals surface area contributed by atoms with Crippen LogP contribution in [-0.4, -0.2) is 0 Å². The molecule has 0 spiro atoms. The molecule has 0 amide bonds. The van der Waals surface area contributed by atoms with E-state index in [9.17, 15) is 0 Å². The first-order valence-corrected chi connectivity index (χ1v) is 19.5. The van der Waals surface area contributed by atoms with Crippen molar-refractivity contribution in [1.29, 1.82) is 0 Å². The van der Waals surface area contributed by atoms with Crippen LogP contribution in [0, 0.1) is 0 Å². The van der Waals surface area contributed by atoms with Crippen molar-refractivity contribution in [2.45, 2.75) is 0 Å². The summed E-state index contributed by atoms with van der Waals surface area (Å²) in [4.78, 5) is 2.46. The van der Waals surface area contributed by atoms with E-state index in [4.69, 9.17) is 4.42 Å². The van der Waals surface area contributed by atoms with Gasteiger partial charge in [0, 0.05) is 58.5 Å². The Morgan fingerprint density at radius 3 is 1.80 bits per heavy atom. The lowest BCUT2D eigenvalue weighted by Gasteiger charge is -2.29. The number of para-hydroxylation sites is 3. The Morgan fingerprint density at radius 2 is 0.982 bits per heavy atom. The topological polar surface area (TPSA) is 16.4 Å². The number of anilines is 3. The van der Waals surface area contributed by atoms with Crippen LogP contribution in [0.1, 0.15) is 0 Å². The number of benzene rings is 9. The van der Waals surface area contributed by atoms with Gasteiger partial charge in [0.2, 0.25) is 0 Å². The highest BCUT2D eigenvalue weighted by Crippen LogP contribution is 2.49. The lowest BCUT2D eigenvalue weighted by atomic mass is 9.97. The van der Waals surface area contributed by atoms with Gasteiger partial charge >= 0.3 is 0 Å². The molecular weight excluding hydrogens is 687 g/mol. The minimum Gasteiger partial charge on any atom is -0.455 e. The monoisotopic (exact) mass is 719 g/mol. The molecule has 9 aromatic carbocycles. The highest BCUT2D eigenvalue weighted by Gasteiger charge is 2.22. The number of thiophene rings is 1. The molecule has 0 N–H and O–H groups in total. The molecule has 0 aliphatic heterocycles. The molecule has 11 aromatic rings. The minimum atomic E-state index is 0.907. The number of rotatable bonds is 6. The first-order valence-electron chi connectivity index (χ1n) is 18.7. The zero-order valence-electron chi connectivity index (χ0n) is 29.8. The molecule has 0 aliphatic carbocycles. The van der Waals surface area contributed by atoms with E-state index >= 15 is 0 Å².